The molecule has 0 fully saturated rings. The summed E-state index contributed by atoms with van der Waals surface area (Å²) in [5, 5.41) is 4.46. The predicted molar refractivity (Wildman–Crippen MR) is 81.9 cm³/mol. The molecule has 2 rings (SSSR count). The monoisotopic (exact) mass is 304 g/mol. The van der Waals surface area contributed by atoms with Crippen LogP contribution in [0, 0.1) is 0 Å². The number of benzene rings is 1. The van der Waals surface area contributed by atoms with Crippen molar-refractivity contribution in [2.24, 2.45) is 0 Å². The highest BCUT2D eigenvalue weighted by Crippen LogP contribution is 2.21. The number of amides is 1. The summed E-state index contributed by atoms with van der Waals surface area (Å²) < 4.78 is 5.25. The molecule has 0 radical (unpaired) electrons. The van der Waals surface area contributed by atoms with Gasteiger partial charge < -0.3 is 10.1 Å². The molecular formula is C15H16N2O3S. The Kier molecular flexibility index (Phi) is 4.70. The summed E-state index contributed by atoms with van der Waals surface area (Å²) in [5.74, 6) is 0.126. The maximum atomic E-state index is 11.9. The first-order chi connectivity index (χ1) is 9.95. The van der Waals surface area contributed by atoms with E-state index >= 15 is 0 Å². The number of nitrogens with zero attached hydrogens (tertiary/aromatic N) is 1. The topological polar surface area (TPSA) is 68.3 Å². The second-order valence-electron chi connectivity index (χ2n) is 4.83. The fraction of sp³-hybridized carbons (Fsp3) is 0.267. The molecule has 0 aliphatic rings. The number of nitrogens with one attached hydrogen (secondary N) is 1. The van der Waals surface area contributed by atoms with Crippen LogP contribution in [0.25, 0.3) is 0 Å². The average molecular weight is 304 g/mol. The van der Waals surface area contributed by atoms with E-state index in [2.05, 4.69) is 24.1 Å². The van der Waals surface area contributed by atoms with E-state index in [0.29, 0.717) is 16.8 Å². The van der Waals surface area contributed by atoms with E-state index in [-0.39, 0.29) is 11.6 Å². The molecule has 0 saturated carbocycles. The summed E-state index contributed by atoms with van der Waals surface area (Å²) in [5.41, 5.74) is 1.35. The van der Waals surface area contributed by atoms with Gasteiger partial charge in [-0.2, -0.15) is 0 Å². The van der Waals surface area contributed by atoms with Crippen LogP contribution in [0.2, 0.25) is 0 Å². The second-order valence-corrected chi connectivity index (χ2v) is 5.69. The molecule has 1 aromatic carbocycles. The van der Waals surface area contributed by atoms with Gasteiger partial charge in [-0.25, -0.2) is 9.78 Å². The summed E-state index contributed by atoms with van der Waals surface area (Å²) >= 11 is 1.18. The number of hydrogen-bond donors (Lipinski definition) is 1. The van der Waals surface area contributed by atoms with Gasteiger partial charge >= 0.3 is 5.97 Å². The van der Waals surface area contributed by atoms with Gasteiger partial charge in [-0.15, -0.1) is 11.3 Å². The molecule has 0 aliphatic heterocycles. The zero-order valence-corrected chi connectivity index (χ0v) is 12.9. The van der Waals surface area contributed by atoms with Crippen molar-refractivity contribution in [3.8, 4) is 5.75 Å². The lowest BCUT2D eigenvalue weighted by Crippen LogP contribution is -2.10. The van der Waals surface area contributed by atoms with Gasteiger partial charge in [0.15, 0.2) is 10.8 Å². The Labute approximate surface area is 127 Å². The third-order valence-electron chi connectivity index (χ3n) is 2.75. The Bertz CT molecular complexity index is 647. The summed E-state index contributed by atoms with van der Waals surface area (Å²) in [4.78, 5) is 26.9. The average Bonchev–Trinajstić information content (AvgIpc) is 2.87. The van der Waals surface area contributed by atoms with Gasteiger partial charge in [0.25, 0.3) is 0 Å². The molecule has 0 bridgehead atoms. The fourth-order valence-electron chi connectivity index (χ4n) is 1.66. The van der Waals surface area contributed by atoms with E-state index in [0.717, 1.165) is 0 Å². The molecule has 1 heterocycles. The van der Waals surface area contributed by atoms with E-state index < -0.39 is 5.97 Å². The Morgan fingerprint density at radius 1 is 1.24 bits per heavy atom. The predicted octanol–water partition coefficient (Wildman–Crippen LogP) is 3.44. The van der Waals surface area contributed by atoms with Crippen LogP contribution in [0.5, 0.6) is 5.75 Å². The van der Waals surface area contributed by atoms with Gasteiger partial charge in [0.1, 0.15) is 5.75 Å². The molecule has 0 unspecified atom stereocenters. The van der Waals surface area contributed by atoms with Crippen LogP contribution in [0.4, 0.5) is 5.13 Å². The van der Waals surface area contributed by atoms with Crippen molar-refractivity contribution >= 4 is 28.3 Å². The van der Waals surface area contributed by atoms with Crippen LogP contribution in [0.1, 0.15) is 42.7 Å². The molecule has 6 heteroatoms. The maximum Gasteiger partial charge on any atom is 0.363 e. The zero-order valence-electron chi connectivity index (χ0n) is 12.0. The van der Waals surface area contributed by atoms with Crippen molar-refractivity contribution in [2.45, 2.75) is 26.7 Å². The van der Waals surface area contributed by atoms with E-state index in [1.165, 1.54) is 23.8 Å². The van der Waals surface area contributed by atoms with Gasteiger partial charge in [0.2, 0.25) is 5.91 Å². The SMILES string of the molecule is CC(=O)Nc1nc(C(=O)Oc2ccc(C(C)C)cc2)cs1. The van der Waals surface area contributed by atoms with Crippen molar-refractivity contribution in [1.82, 2.24) is 4.98 Å². The number of anilines is 1. The largest absolute Gasteiger partial charge is 0.422 e. The first-order valence-electron chi connectivity index (χ1n) is 6.51. The van der Waals surface area contributed by atoms with Gasteiger partial charge in [-0.3, -0.25) is 4.79 Å². The molecule has 21 heavy (non-hydrogen) atoms. The van der Waals surface area contributed by atoms with Crippen molar-refractivity contribution in [3.05, 3.63) is 40.9 Å². The quantitative estimate of drug-likeness (QED) is 0.694. The van der Waals surface area contributed by atoms with Crippen LogP contribution >= 0.6 is 11.3 Å². The third kappa shape index (κ3) is 4.13. The van der Waals surface area contributed by atoms with Crippen molar-refractivity contribution in [3.63, 3.8) is 0 Å². The zero-order chi connectivity index (χ0) is 15.4. The highest BCUT2D eigenvalue weighted by atomic mass is 32.1. The van der Waals surface area contributed by atoms with Crippen LogP contribution < -0.4 is 10.1 Å². The Balaban J connectivity index is 2.03. The van der Waals surface area contributed by atoms with E-state index in [9.17, 15) is 9.59 Å². The van der Waals surface area contributed by atoms with Gasteiger partial charge in [-0.1, -0.05) is 26.0 Å². The summed E-state index contributed by atoms with van der Waals surface area (Å²) in [6, 6.07) is 7.37. The molecule has 0 saturated heterocycles. The van der Waals surface area contributed by atoms with E-state index in [4.69, 9.17) is 4.74 Å². The smallest absolute Gasteiger partial charge is 0.363 e. The normalized spacial score (nSPS) is 10.5. The van der Waals surface area contributed by atoms with Gasteiger partial charge in [0.05, 0.1) is 0 Å². The fourth-order valence-corrected chi connectivity index (χ4v) is 2.38. The number of aromatic nitrogens is 1. The minimum absolute atomic E-state index is 0.177. The summed E-state index contributed by atoms with van der Waals surface area (Å²) in [7, 11) is 0. The maximum absolute atomic E-state index is 11.9. The summed E-state index contributed by atoms with van der Waals surface area (Å²) in [6.07, 6.45) is 0. The van der Waals surface area contributed by atoms with Crippen molar-refractivity contribution in [1.29, 1.82) is 0 Å². The molecule has 1 N–H and O–H groups in total. The highest BCUT2D eigenvalue weighted by molar-refractivity contribution is 7.14. The molecule has 0 aliphatic carbocycles. The minimum atomic E-state index is -0.542. The van der Waals surface area contributed by atoms with Gasteiger partial charge in [0, 0.05) is 12.3 Å². The van der Waals surface area contributed by atoms with E-state index in [1.54, 1.807) is 17.5 Å². The molecule has 1 amide bonds. The summed E-state index contributed by atoms with van der Waals surface area (Å²) in [6.45, 7) is 5.58. The van der Waals surface area contributed by atoms with Crippen LogP contribution in [0.3, 0.4) is 0 Å². The van der Waals surface area contributed by atoms with Crippen LogP contribution in [0.15, 0.2) is 29.6 Å². The Morgan fingerprint density at radius 3 is 2.48 bits per heavy atom. The van der Waals surface area contributed by atoms with Crippen LogP contribution in [-0.4, -0.2) is 16.9 Å². The molecule has 110 valence electrons. The lowest BCUT2D eigenvalue weighted by molar-refractivity contribution is -0.114. The Hall–Kier alpha value is -2.21. The third-order valence-corrected chi connectivity index (χ3v) is 3.51. The molecule has 1 aromatic heterocycles. The lowest BCUT2D eigenvalue weighted by Gasteiger charge is -2.06. The molecular weight excluding hydrogens is 288 g/mol. The number of hydrogen-bond acceptors (Lipinski definition) is 5. The Morgan fingerprint density at radius 2 is 1.90 bits per heavy atom. The van der Waals surface area contributed by atoms with Gasteiger partial charge in [-0.05, 0) is 23.6 Å². The highest BCUT2D eigenvalue weighted by Gasteiger charge is 2.14. The molecule has 0 spiro atoms. The number of carbonyl (C=O) groups excluding carboxylic acids is 2. The van der Waals surface area contributed by atoms with Crippen molar-refractivity contribution < 1.29 is 14.3 Å². The second kappa shape index (κ2) is 6.49. The molecule has 2 aromatic rings. The first kappa shape index (κ1) is 15.2. The number of rotatable bonds is 4. The van der Waals surface area contributed by atoms with E-state index in [1.807, 2.05) is 12.1 Å². The molecule has 0 atom stereocenters. The van der Waals surface area contributed by atoms with Crippen LogP contribution in [-0.2, 0) is 4.79 Å². The number of esters is 1. The number of ether oxygens (including phenoxy) is 1. The molecule has 5 nitrogen and oxygen atoms in total. The number of thiazole rings is 1. The minimum Gasteiger partial charge on any atom is -0.422 e. The number of carbonyl (C=O) groups is 2. The lowest BCUT2D eigenvalue weighted by atomic mass is 10.0. The standard InChI is InChI=1S/C15H16N2O3S/c1-9(2)11-4-6-12(7-5-11)20-14(19)13-8-21-15(17-13)16-10(3)18/h4-9H,1-3H3,(H,16,17,18). The first-order valence-corrected chi connectivity index (χ1v) is 7.39. The van der Waals surface area contributed by atoms with Crippen molar-refractivity contribution in [2.75, 3.05) is 5.32 Å².